The highest BCUT2D eigenvalue weighted by atomic mass is 16.2. The maximum Gasteiger partial charge on any atom is 0.325 e. The first-order chi connectivity index (χ1) is 12.3. The van der Waals surface area contributed by atoms with E-state index < -0.39 is 11.6 Å². The molecule has 3 rings (SSSR count). The van der Waals surface area contributed by atoms with Crippen LogP contribution in [0.1, 0.15) is 45.1 Å². The van der Waals surface area contributed by atoms with Crippen LogP contribution in [0.15, 0.2) is 30.3 Å². The molecule has 1 aromatic rings. The van der Waals surface area contributed by atoms with Crippen molar-refractivity contribution in [3.63, 3.8) is 0 Å². The number of carbonyl (C=O) groups is 3. The Kier molecular flexibility index (Phi) is 5.03. The summed E-state index contributed by atoms with van der Waals surface area (Å²) in [7, 11) is 1.78. The molecule has 1 aliphatic heterocycles. The maximum absolute atomic E-state index is 12.9. The zero-order valence-corrected chi connectivity index (χ0v) is 15.7. The summed E-state index contributed by atoms with van der Waals surface area (Å²) in [5, 5.41) is 2.74. The Morgan fingerprint density at radius 1 is 1.19 bits per heavy atom. The first kappa shape index (κ1) is 18.4. The molecule has 0 unspecified atom stereocenters. The minimum absolute atomic E-state index is 0.189. The summed E-state index contributed by atoms with van der Waals surface area (Å²) >= 11 is 0. The van der Waals surface area contributed by atoms with Gasteiger partial charge in [0.1, 0.15) is 12.1 Å². The summed E-state index contributed by atoms with van der Waals surface area (Å²) in [6.45, 7) is 3.70. The molecule has 1 atom stereocenters. The van der Waals surface area contributed by atoms with Gasteiger partial charge in [-0.05, 0) is 44.1 Å². The fourth-order valence-electron chi connectivity index (χ4n) is 3.89. The molecule has 1 saturated heterocycles. The van der Waals surface area contributed by atoms with Crippen LogP contribution in [0.5, 0.6) is 0 Å². The van der Waals surface area contributed by atoms with Crippen LogP contribution < -0.4 is 5.32 Å². The number of hydrogen-bond acceptors (Lipinski definition) is 3. The predicted molar refractivity (Wildman–Crippen MR) is 98.2 cm³/mol. The number of urea groups is 1. The van der Waals surface area contributed by atoms with Crippen LogP contribution in [-0.2, 0) is 15.1 Å². The summed E-state index contributed by atoms with van der Waals surface area (Å²) in [4.78, 5) is 40.7. The molecule has 0 spiro atoms. The highest BCUT2D eigenvalue weighted by Gasteiger charge is 2.49. The van der Waals surface area contributed by atoms with Gasteiger partial charge in [0.15, 0.2) is 0 Å². The predicted octanol–water partition coefficient (Wildman–Crippen LogP) is 2.49. The Labute approximate surface area is 154 Å². The van der Waals surface area contributed by atoms with Gasteiger partial charge < -0.3 is 10.2 Å². The first-order valence-corrected chi connectivity index (χ1v) is 9.28. The largest absolute Gasteiger partial charge is 0.341 e. The van der Waals surface area contributed by atoms with Crippen LogP contribution in [0.25, 0.3) is 0 Å². The first-order valence-electron chi connectivity index (χ1n) is 9.28. The number of benzene rings is 1. The van der Waals surface area contributed by atoms with Gasteiger partial charge in [-0.1, -0.05) is 37.3 Å². The quantitative estimate of drug-likeness (QED) is 0.842. The van der Waals surface area contributed by atoms with Crippen LogP contribution in [0.4, 0.5) is 4.79 Å². The van der Waals surface area contributed by atoms with Crippen molar-refractivity contribution in [3.8, 4) is 0 Å². The van der Waals surface area contributed by atoms with Crippen molar-refractivity contribution in [2.45, 2.75) is 51.1 Å². The molecule has 4 amide bonds. The highest BCUT2D eigenvalue weighted by Crippen LogP contribution is 2.29. The number of nitrogens with one attached hydrogen (secondary N) is 1. The van der Waals surface area contributed by atoms with Crippen LogP contribution in [0.2, 0.25) is 0 Å². The third kappa shape index (κ3) is 3.32. The van der Waals surface area contributed by atoms with E-state index in [0.29, 0.717) is 11.5 Å². The molecule has 6 nitrogen and oxygen atoms in total. The summed E-state index contributed by atoms with van der Waals surface area (Å²) < 4.78 is 0. The fourth-order valence-corrected chi connectivity index (χ4v) is 3.89. The molecule has 6 heteroatoms. The Balaban J connectivity index is 1.69. The summed E-state index contributed by atoms with van der Waals surface area (Å²) in [5.74, 6) is 0.130. The van der Waals surface area contributed by atoms with E-state index in [9.17, 15) is 14.4 Å². The number of imide groups is 1. The lowest BCUT2D eigenvalue weighted by Gasteiger charge is -2.34. The molecule has 2 aliphatic rings. The lowest BCUT2D eigenvalue weighted by molar-refractivity contribution is -0.139. The van der Waals surface area contributed by atoms with Crippen LogP contribution in [0, 0.1) is 5.92 Å². The molecular weight excluding hydrogens is 330 g/mol. The number of likely N-dealkylation sites (N-methyl/N-ethyl adjacent to an activating group) is 1. The van der Waals surface area contributed by atoms with Gasteiger partial charge >= 0.3 is 6.03 Å². The number of carbonyl (C=O) groups excluding carboxylic acids is 3. The third-order valence-corrected chi connectivity index (χ3v) is 5.85. The topological polar surface area (TPSA) is 69.7 Å². The van der Waals surface area contributed by atoms with E-state index in [-0.39, 0.29) is 24.4 Å². The summed E-state index contributed by atoms with van der Waals surface area (Å²) in [6.07, 6.45) is 4.17. The molecule has 1 heterocycles. The van der Waals surface area contributed by atoms with Gasteiger partial charge in [0.25, 0.3) is 5.91 Å². The number of nitrogens with zero attached hydrogens (tertiary/aromatic N) is 2. The number of amides is 4. The highest BCUT2D eigenvalue weighted by molar-refractivity contribution is 6.09. The summed E-state index contributed by atoms with van der Waals surface area (Å²) in [6, 6.07) is 8.80. The molecular formula is C20H27N3O3. The van der Waals surface area contributed by atoms with Gasteiger partial charge in [-0.25, -0.2) is 4.79 Å². The Morgan fingerprint density at radius 2 is 1.81 bits per heavy atom. The fraction of sp³-hybridized carbons (Fsp3) is 0.550. The Hall–Kier alpha value is -2.37. The minimum Gasteiger partial charge on any atom is -0.341 e. The SMILES string of the molecule is CC1CCC(N(C)C(=O)CN2C(=O)N[C@](C)(c3ccccc3)C2=O)CC1. The van der Waals surface area contributed by atoms with Gasteiger partial charge in [0, 0.05) is 13.1 Å². The molecule has 0 bridgehead atoms. The van der Waals surface area contributed by atoms with Crippen molar-refractivity contribution >= 4 is 17.8 Å². The Morgan fingerprint density at radius 3 is 2.42 bits per heavy atom. The summed E-state index contributed by atoms with van der Waals surface area (Å²) in [5.41, 5.74) is -0.416. The molecule has 0 aromatic heterocycles. The van der Waals surface area contributed by atoms with Gasteiger partial charge in [-0.3, -0.25) is 14.5 Å². The molecule has 26 heavy (non-hydrogen) atoms. The van der Waals surface area contributed by atoms with E-state index in [4.69, 9.17) is 0 Å². The number of hydrogen-bond donors (Lipinski definition) is 1. The molecule has 2 fully saturated rings. The average Bonchev–Trinajstić information content (AvgIpc) is 2.86. The van der Waals surface area contributed by atoms with Gasteiger partial charge in [-0.15, -0.1) is 0 Å². The van der Waals surface area contributed by atoms with Crippen LogP contribution >= 0.6 is 0 Å². The Bertz CT molecular complexity index is 698. The normalized spacial score (nSPS) is 28.8. The second kappa shape index (κ2) is 7.09. The second-order valence-corrected chi connectivity index (χ2v) is 7.73. The lowest BCUT2D eigenvalue weighted by atomic mass is 9.87. The van der Waals surface area contributed by atoms with E-state index in [1.807, 2.05) is 18.2 Å². The van der Waals surface area contributed by atoms with Crippen molar-refractivity contribution in [1.29, 1.82) is 0 Å². The van der Waals surface area contributed by atoms with Crippen molar-refractivity contribution in [2.75, 3.05) is 13.6 Å². The van der Waals surface area contributed by atoms with E-state index in [0.717, 1.165) is 30.6 Å². The monoisotopic (exact) mass is 357 g/mol. The van der Waals surface area contributed by atoms with E-state index in [2.05, 4.69) is 12.2 Å². The molecule has 0 radical (unpaired) electrons. The van der Waals surface area contributed by atoms with Crippen molar-refractivity contribution in [1.82, 2.24) is 15.1 Å². The number of rotatable bonds is 4. The van der Waals surface area contributed by atoms with E-state index >= 15 is 0 Å². The van der Waals surface area contributed by atoms with Crippen LogP contribution in [-0.4, -0.2) is 47.3 Å². The van der Waals surface area contributed by atoms with Gasteiger partial charge in [-0.2, -0.15) is 0 Å². The molecule has 140 valence electrons. The van der Waals surface area contributed by atoms with Crippen LogP contribution in [0.3, 0.4) is 0 Å². The van der Waals surface area contributed by atoms with Gasteiger partial charge in [0.2, 0.25) is 5.91 Å². The smallest absolute Gasteiger partial charge is 0.325 e. The maximum atomic E-state index is 12.9. The van der Waals surface area contributed by atoms with Crippen molar-refractivity contribution in [3.05, 3.63) is 35.9 Å². The third-order valence-electron chi connectivity index (χ3n) is 5.85. The molecule has 1 aliphatic carbocycles. The standard InChI is InChI=1S/C20H27N3O3/c1-14-9-11-16(12-10-14)22(3)17(24)13-23-18(25)20(2,21-19(23)26)15-7-5-4-6-8-15/h4-8,14,16H,9-13H2,1-3H3,(H,21,26)/t14?,16?,20-/m1/s1. The molecule has 1 saturated carbocycles. The average molecular weight is 357 g/mol. The minimum atomic E-state index is -1.13. The second-order valence-electron chi connectivity index (χ2n) is 7.73. The molecule has 1 N–H and O–H groups in total. The lowest BCUT2D eigenvalue weighted by Crippen LogP contribution is -2.47. The van der Waals surface area contributed by atoms with Crippen molar-refractivity contribution < 1.29 is 14.4 Å². The van der Waals surface area contributed by atoms with Crippen molar-refractivity contribution in [2.24, 2.45) is 5.92 Å². The van der Waals surface area contributed by atoms with E-state index in [1.165, 1.54) is 0 Å². The zero-order valence-electron chi connectivity index (χ0n) is 15.7. The van der Waals surface area contributed by atoms with E-state index in [1.54, 1.807) is 31.0 Å². The molecule has 1 aromatic carbocycles. The van der Waals surface area contributed by atoms with Gasteiger partial charge in [0.05, 0.1) is 0 Å². The zero-order chi connectivity index (χ0) is 18.9.